The number of hydrogen-bond acceptors (Lipinski definition) is 5. The Bertz CT molecular complexity index is 711. The molecule has 0 aliphatic carbocycles. The van der Waals surface area contributed by atoms with Gasteiger partial charge in [-0.05, 0) is 25.5 Å². The maximum absolute atomic E-state index is 5.31. The maximum Gasteiger partial charge on any atom is 0.232 e. The van der Waals surface area contributed by atoms with Crippen molar-refractivity contribution in [1.29, 1.82) is 0 Å². The third kappa shape index (κ3) is 7.65. The minimum Gasteiger partial charge on any atom is -0.372 e. The summed E-state index contributed by atoms with van der Waals surface area (Å²) < 4.78 is 5.31. The normalized spacial score (nSPS) is 11.7. The van der Waals surface area contributed by atoms with E-state index in [1.165, 1.54) is 5.69 Å². The summed E-state index contributed by atoms with van der Waals surface area (Å²) in [5, 5.41) is 10.6. The van der Waals surface area contributed by atoms with Gasteiger partial charge >= 0.3 is 0 Å². The molecule has 156 valence electrons. The smallest absolute Gasteiger partial charge is 0.232 e. The highest BCUT2D eigenvalue weighted by Crippen LogP contribution is 2.19. The highest BCUT2D eigenvalue weighted by molar-refractivity contribution is 14.0. The van der Waals surface area contributed by atoms with Crippen LogP contribution in [-0.2, 0) is 12.0 Å². The summed E-state index contributed by atoms with van der Waals surface area (Å²) in [6.45, 7) is 11.6. The average molecular weight is 500 g/mol. The number of halogens is 1. The first-order valence-electron chi connectivity index (χ1n) is 9.51. The van der Waals surface area contributed by atoms with E-state index in [4.69, 9.17) is 4.52 Å². The van der Waals surface area contributed by atoms with Crippen LogP contribution in [0.3, 0.4) is 0 Å². The number of hydrogen-bond donors (Lipinski definition) is 2. The van der Waals surface area contributed by atoms with Crippen LogP contribution in [-0.4, -0.2) is 42.8 Å². The molecular weight excluding hydrogens is 467 g/mol. The Balaban J connectivity index is 0.00000392. The van der Waals surface area contributed by atoms with Gasteiger partial charge in [0.1, 0.15) is 0 Å². The molecular formula is C20H33IN6O. The molecule has 1 aromatic carbocycles. The van der Waals surface area contributed by atoms with Crippen LogP contribution in [0.1, 0.15) is 45.8 Å². The second-order valence-corrected chi connectivity index (χ2v) is 7.39. The average Bonchev–Trinajstić information content (AvgIpc) is 3.14. The minimum atomic E-state index is -0.144. The van der Waals surface area contributed by atoms with Crippen molar-refractivity contribution in [3.8, 4) is 0 Å². The molecule has 2 N–H and O–H groups in total. The number of para-hydroxylation sites is 1. The molecule has 0 fully saturated rings. The van der Waals surface area contributed by atoms with Crippen molar-refractivity contribution in [2.45, 2.75) is 46.1 Å². The van der Waals surface area contributed by atoms with Crippen molar-refractivity contribution in [3.05, 3.63) is 42.0 Å². The predicted octanol–water partition coefficient (Wildman–Crippen LogP) is 3.57. The number of aliphatic imine (C=N–C) groups is 1. The molecule has 0 spiro atoms. The van der Waals surface area contributed by atoms with Crippen molar-refractivity contribution in [3.63, 3.8) is 0 Å². The molecule has 0 atom stereocenters. The molecule has 0 saturated heterocycles. The van der Waals surface area contributed by atoms with Crippen molar-refractivity contribution in [2.75, 3.05) is 31.6 Å². The van der Waals surface area contributed by atoms with E-state index < -0.39 is 0 Å². The fourth-order valence-electron chi connectivity index (χ4n) is 2.60. The Morgan fingerprint density at radius 1 is 1.18 bits per heavy atom. The van der Waals surface area contributed by atoms with E-state index in [2.05, 4.69) is 61.9 Å². The highest BCUT2D eigenvalue weighted by atomic mass is 127. The summed E-state index contributed by atoms with van der Waals surface area (Å²) in [6, 6.07) is 10.5. The second-order valence-electron chi connectivity index (χ2n) is 7.39. The summed E-state index contributed by atoms with van der Waals surface area (Å²) in [5.74, 6) is 2.01. The largest absolute Gasteiger partial charge is 0.372 e. The van der Waals surface area contributed by atoms with Crippen LogP contribution >= 0.6 is 24.0 Å². The Morgan fingerprint density at radius 2 is 1.89 bits per heavy atom. The summed E-state index contributed by atoms with van der Waals surface area (Å²) in [7, 11) is 1.76. The van der Waals surface area contributed by atoms with Gasteiger partial charge in [0.05, 0.1) is 6.54 Å². The predicted molar refractivity (Wildman–Crippen MR) is 126 cm³/mol. The molecule has 7 nitrogen and oxygen atoms in total. The van der Waals surface area contributed by atoms with Gasteiger partial charge in [0.2, 0.25) is 5.89 Å². The van der Waals surface area contributed by atoms with Gasteiger partial charge in [-0.3, -0.25) is 4.99 Å². The molecule has 2 aromatic rings. The molecule has 1 aromatic heterocycles. The molecule has 0 aliphatic heterocycles. The van der Waals surface area contributed by atoms with E-state index in [0.29, 0.717) is 18.3 Å². The molecule has 0 aliphatic rings. The third-order valence-electron chi connectivity index (χ3n) is 4.15. The molecule has 0 amide bonds. The first-order chi connectivity index (χ1) is 12.9. The summed E-state index contributed by atoms with van der Waals surface area (Å²) in [5.41, 5.74) is 1.11. The standard InChI is InChI=1S/C20H32N6O.HI/c1-6-26(16-11-8-7-9-12-16)14-10-13-22-19(21-5)23-15-17-24-18(27-25-17)20(2,3)4;/h7-9,11-12H,6,10,13-15H2,1-5H3,(H2,21,22,23);1H. The fourth-order valence-corrected chi connectivity index (χ4v) is 2.60. The van der Waals surface area contributed by atoms with Crippen molar-refractivity contribution >= 4 is 35.6 Å². The van der Waals surface area contributed by atoms with Crippen LogP contribution in [0.15, 0.2) is 39.8 Å². The molecule has 0 saturated carbocycles. The molecule has 1 heterocycles. The van der Waals surface area contributed by atoms with E-state index in [9.17, 15) is 0 Å². The van der Waals surface area contributed by atoms with Crippen LogP contribution in [0.4, 0.5) is 5.69 Å². The number of nitrogens with zero attached hydrogens (tertiary/aromatic N) is 4. The molecule has 2 rings (SSSR count). The summed E-state index contributed by atoms with van der Waals surface area (Å²) in [6.07, 6.45) is 1.01. The lowest BCUT2D eigenvalue weighted by Crippen LogP contribution is -2.38. The second kappa shape index (κ2) is 11.9. The van der Waals surface area contributed by atoms with Crippen LogP contribution in [0, 0.1) is 0 Å². The van der Waals surface area contributed by atoms with Gasteiger partial charge in [-0.2, -0.15) is 4.98 Å². The van der Waals surface area contributed by atoms with Gasteiger partial charge in [-0.25, -0.2) is 0 Å². The van der Waals surface area contributed by atoms with Gasteiger partial charge in [-0.1, -0.05) is 44.1 Å². The van der Waals surface area contributed by atoms with Crippen LogP contribution < -0.4 is 15.5 Å². The monoisotopic (exact) mass is 500 g/mol. The summed E-state index contributed by atoms with van der Waals surface area (Å²) >= 11 is 0. The lowest BCUT2D eigenvalue weighted by Gasteiger charge is -2.23. The zero-order chi connectivity index (χ0) is 19.7. The van der Waals surface area contributed by atoms with E-state index in [-0.39, 0.29) is 29.4 Å². The maximum atomic E-state index is 5.31. The molecule has 0 unspecified atom stereocenters. The Kier molecular flexibility index (Phi) is 10.3. The fraction of sp³-hybridized carbons (Fsp3) is 0.550. The van der Waals surface area contributed by atoms with Gasteiger partial charge in [0.15, 0.2) is 11.8 Å². The quantitative estimate of drug-likeness (QED) is 0.250. The Labute approximate surface area is 185 Å². The van der Waals surface area contributed by atoms with Crippen LogP contribution in [0.2, 0.25) is 0 Å². The Hall–Kier alpha value is -1.84. The SMILES string of the molecule is CCN(CCCNC(=NC)NCc1noc(C(C)(C)C)n1)c1ccccc1.I. The summed E-state index contributed by atoms with van der Waals surface area (Å²) in [4.78, 5) is 11.0. The first-order valence-corrected chi connectivity index (χ1v) is 9.51. The van der Waals surface area contributed by atoms with E-state index in [0.717, 1.165) is 32.0 Å². The number of aromatic nitrogens is 2. The number of nitrogens with one attached hydrogen (secondary N) is 2. The van der Waals surface area contributed by atoms with Crippen LogP contribution in [0.25, 0.3) is 0 Å². The lowest BCUT2D eigenvalue weighted by molar-refractivity contribution is 0.318. The van der Waals surface area contributed by atoms with Crippen molar-refractivity contribution < 1.29 is 4.52 Å². The lowest BCUT2D eigenvalue weighted by atomic mass is 9.97. The van der Waals surface area contributed by atoms with Gasteiger partial charge < -0.3 is 20.1 Å². The molecule has 28 heavy (non-hydrogen) atoms. The number of anilines is 1. The van der Waals surface area contributed by atoms with E-state index >= 15 is 0 Å². The molecule has 8 heteroatoms. The number of rotatable bonds is 8. The first kappa shape index (κ1) is 24.2. The van der Waals surface area contributed by atoms with E-state index in [1.807, 2.05) is 26.8 Å². The van der Waals surface area contributed by atoms with Crippen LogP contribution in [0.5, 0.6) is 0 Å². The highest BCUT2D eigenvalue weighted by Gasteiger charge is 2.21. The minimum absolute atomic E-state index is 0. The van der Waals surface area contributed by atoms with E-state index in [1.54, 1.807) is 7.05 Å². The third-order valence-corrected chi connectivity index (χ3v) is 4.15. The van der Waals surface area contributed by atoms with Crippen molar-refractivity contribution in [2.24, 2.45) is 4.99 Å². The van der Waals surface area contributed by atoms with Gasteiger partial charge in [0.25, 0.3) is 0 Å². The topological polar surface area (TPSA) is 78.6 Å². The zero-order valence-electron chi connectivity index (χ0n) is 17.5. The zero-order valence-corrected chi connectivity index (χ0v) is 19.9. The number of benzene rings is 1. The number of guanidine groups is 1. The molecule has 0 radical (unpaired) electrons. The van der Waals surface area contributed by atoms with Crippen molar-refractivity contribution in [1.82, 2.24) is 20.8 Å². The Morgan fingerprint density at radius 3 is 2.46 bits per heavy atom. The molecule has 0 bridgehead atoms. The van der Waals surface area contributed by atoms with Gasteiger partial charge in [-0.15, -0.1) is 24.0 Å². The van der Waals surface area contributed by atoms with Gasteiger partial charge in [0, 0.05) is 37.8 Å².